The van der Waals surface area contributed by atoms with Crippen LogP contribution in [0, 0.1) is 0 Å². The summed E-state index contributed by atoms with van der Waals surface area (Å²) < 4.78 is 0.630. The van der Waals surface area contributed by atoms with Crippen LogP contribution in [-0.4, -0.2) is 13.2 Å². The van der Waals surface area contributed by atoms with Gasteiger partial charge in [-0.1, -0.05) is 73.2 Å². The molecule has 1 N–H and O–H groups in total. The molecule has 16 heavy (non-hydrogen) atoms. The first-order valence-electron chi connectivity index (χ1n) is 5.12. The molecular formula is C12H16Cl2OSi. The van der Waals surface area contributed by atoms with E-state index in [1.807, 2.05) is 30.3 Å². The minimum absolute atomic E-state index is 0.354. The second kappa shape index (κ2) is 5.37. The fourth-order valence-corrected chi connectivity index (χ4v) is 3.19. The zero-order valence-electron chi connectivity index (χ0n) is 9.67. The Morgan fingerprint density at radius 2 is 1.62 bits per heavy atom. The first kappa shape index (κ1) is 13.8. The zero-order chi connectivity index (χ0) is 12.3. The van der Waals surface area contributed by atoms with E-state index in [-0.39, 0.29) is 0 Å². The maximum absolute atomic E-state index is 10.1. The van der Waals surface area contributed by atoms with Gasteiger partial charge in [-0.15, -0.1) is 0 Å². The molecule has 0 saturated heterocycles. The highest BCUT2D eigenvalue weighted by molar-refractivity contribution is 6.92. The lowest BCUT2D eigenvalue weighted by Crippen LogP contribution is -2.22. The van der Waals surface area contributed by atoms with Gasteiger partial charge in [0.1, 0.15) is 6.10 Å². The molecule has 1 atom stereocenters. The van der Waals surface area contributed by atoms with Crippen molar-refractivity contribution in [2.75, 3.05) is 0 Å². The van der Waals surface area contributed by atoms with Crippen LogP contribution >= 0.6 is 23.2 Å². The largest absolute Gasteiger partial charge is 0.383 e. The van der Waals surface area contributed by atoms with Gasteiger partial charge in [-0.2, -0.15) is 0 Å². The topological polar surface area (TPSA) is 20.2 Å². The predicted octanol–water partition coefficient (Wildman–Crippen LogP) is 4.29. The molecule has 0 fully saturated rings. The van der Waals surface area contributed by atoms with E-state index in [0.29, 0.717) is 9.69 Å². The molecule has 0 amide bonds. The number of benzene rings is 1. The summed E-state index contributed by atoms with van der Waals surface area (Å²) in [6.45, 7) is 6.28. The Bertz CT molecular complexity index is 382. The van der Waals surface area contributed by atoms with Gasteiger partial charge in [0.25, 0.3) is 0 Å². The van der Waals surface area contributed by atoms with Crippen molar-refractivity contribution in [1.29, 1.82) is 0 Å². The second-order valence-electron chi connectivity index (χ2n) is 4.73. The van der Waals surface area contributed by atoms with Gasteiger partial charge < -0.3 is 5.11 Å². The Morgan fingerprint density at radius 3 is 2.06 bits per heavy atom. The maximum atomic E-state index is 10.1. The highest BCUT2D eigenvalue weighted by atomic mass is 35.5. The molecule has 0 aliphatic rings. The fourth-order valence-electron chi connectivity index (χ4n) is 1.26. The van der Waals surface area contributed by atoms with E-state index in [1.54, 1.807) is 0 Å². The van der Waals surface area contributed by atoms with E-state index in [4.69, 9.17) is 23.2 Å². The average molecular weight is 275 g/mol. The molecule has 1 aromatic carbocycles. The standard InChI is InChI=1S/C12H16Cl2OSi/c1-16(2,3)12(14)10(13)11(15)9-7-5-4-6-8-9/h4-8,11,15H,1-3H3/b12-10-. The van der Waals surface area contributed by atoms with Gasteiger partial charge in [0, 0.05) is 4.66 Å². The summed E-state index contributed by atoms with van der Waals surface area (Å²) in [7, 11) is -1.67. The Labute approximate surface area is 108 Å². The van der Waals surface area contributed by atoms with Gasteiger partial charge in [-0.05, 0) is 5.56 Å². The van der Waals surface area contributed by atoms with Crippen LogP contribution in [0.2, 0.25) is 19.6 Å². The number of halogens is 2. The first-order valence-corrected chi connectivity index (χ1v) is 9.38. The van der Waals surface area contributed by atoms with E-state index in [0.717, 1.165) is 5.56 Å². The molecule has 1 rings (SSSR count). The van der Waals surface area contributed by atoms with Gasteiger partial charge >= 0.3 is 0 Å². The molecule has 0 aromatic heterocycles. The minimum Gasteiger partial charge on any atom is -0.383 e. The molecule has 1 unspecified atom stereocenters. The maximum Gasteiger partial charge on any atom is 0.115 e. The van der Waals surface area contributed by atoms with Gasteiger partial charge in [0.15, 0.2) is 0 Å². The lowest BCUT2D eigenvalue weighted by Gasteiger charge is -2.19. The van der Waals surface area contributed by atoms with Crippen molar-refractivity contribution in [3.05, 3.63) is 45.6 Å². The molecule has 0 radical (unpaired) electrons. The van der Waals surface area contributed by atoms with Crippen molar-refractivity contribution in [2.24, 2.45) is 0 Å². The number of rotatable bonds is 3. The van der Waals surface area contributed by atoms with E-state index in [9.17, 15) is 5.11 Å². The smallest absolute Gasteiger partial charge is 0.115 e. The van der Waals surface area contributed by atoms with Gasteiger partial charge in [0.05, 0.1) is 13.1 Å². The number of aliphatic hydroxyl groups excluding tert-OH is 1. The molecule has 0 aliphatic heterocycles. The number of aliphatic hydroxyl groups is 1. The van der Waals surface area contributed by atoms with Gasteiger partial charge in [-0.3, -0.25) is 0 Å². The highest BCUT2D eigenvalue weighted by Crippen LogP contribution is 2.33. The summed E-state index contributed by atoms with van der Waals surface area (Å²) in [5.41, 5.74) is 0.768. The predicted molar refractivity (Wildman–Crippen MR) is 73.5 cm³/mol. The summed E-state index contributed by atoms with van der Waals surface area (Å²) in [5, 5.41) is 10.4. The van der Waals surface area contributed by atoms with Crippen molar-refractivity contribution in [3.63, 3.8) is 0 Å². The van der Waals surface area contributed by atoms with Crippen molar-refractivity contribution in [2.45, 2.75) is 25.7 Å². The Kier molecular flexibility index (Phi) is 4.62. The minimum atomic E-state index is -1.67. The summed E-state index contributed by atoms with van der Waals surface area (Å²) in [4.78, 5) is 0. The normalized spacial score (nSPS) is 15.6. The first-order chi connectivity index (χ1) is 7.34. The fraction of sp³-hybridized carbons (Fsp3) is 0.333. The van der Waals surface area contributed by atoms with E-state index < -0.39 is 14.2 Å². The quantitative estimate of drug-likeness (QED) is 0.816. The zero-order valence-corrected chi connectivity index (χ0v) is 12.2. The van der Waals surface area contributed by atoms with Crippen LogP contribution in [0.25, 0.3) is 0 Å². The highest BCUT2D eigenvalue weighted by Gasteiger charge is 2.25. The van der Waals surface area contributed by atoms with Crippen LogP contribution < -0.4 is 0 Å². The molecule has 1 nitrogen and oxygen atoms in total. The van der Waals surface area contributed by atoms with Crippen molar-refractivity contribution < 1.29 is 5.11 Å². The number of hydrogen-bond acceptors (Lipinski definition) is 1. The van der Waals surface area contributed by atoms with Crippen LogP contribution in [0.1, 0.15) is 11.7 Å². The molecule has 0 spiro atoms. The van der Waals surface area contributed by atoms with Gasteiger partial charge in [-0.25, -0.2) is 0 Å². The average Bonchev–Trinajstić information content (AvgIpc) is 2.26. The summed E-state index contributed by atoms with van der Waals surface area (Å²) in [5.74, 6) is 0. The van der Waals surface area contributed by atoms with Crippen LogP contribution in [0.4, 0.5) is 0 Å². The monoisotopic (exact) mass is 274 g/mol. The van der Waals surface area contributed by atoms with Crippen LogP contribution in [0.15, 0.2) is 40.0 Å². The molecule has 4 heteroatoms. The Morgan fingerprint density at radius 1 is 1.12 bits per heavy atom. The van der Waals surface area contributed by atoms with E-state index in [2.05, 4.69) is 19.6 Å². The molecule has 0 saturated carbocycles. The number of hydrogen-bond donors (Lipinski definition) is 1. The third kappa shape index (κ3) is 3.35. The molecule has 0 bridgehead atoms. The van der Waals surface area contributed by atoms with E-state index in [1.165, 1.54) is 0 Å². The summed E-state index contributed by atoms with van der Waals surface area (Å²) in [6, 6.07) is 9.30. The third-order valence-corrected chi connectivity index (χ3v) is 6.37. The molecule has 1 aromatic rings. The molecule has 0 heterocycles. The van der Waals surface area contributed by atoms with Crippen molar-refractivity contribution in [3.8, 4) is 0 Å². The van der Waals surface area contributed by atoms with Crippen LogP contribution in [-0.2, 0) is 0 Å². The summed E-state index contributed by atoms with van der Waals surface area (Å²) in [6.07, 6.45) is -0.818. The van der Waals surface area contributed by atoms with Crippen molar-refractivity contribution in [1.82, 2.24) is 0 Å². The molecular weight excluding hydrogens is 259 g/mol. The Balaban J connectivity index is 3.04. The molecule has 0 aliphatic carbocycles. The van der Waals surface area contributed by atoms with E-state index >= 15 is 0 Å². The van der Waals surface area contributed by atoms with Crippen LogP contribution in [0.5, 0.6) is 0 Å². The SMILES string of the molecule is C[Si](C)(C)/C(Cl)=C(\Cl)C(O)c1ccccc1. The second-order valence-corrected chi connectivity index (χ2v) is 10.8. The summed E-state index contributed by atoms with van der Waals surface area (Å²) >= 11 is 12.3. The Hall–Kier alpha value is -0.283. The third-order valence-electron chi connectivity index (χ3n) is 2.22. The lowest BCUT2D eigenvalue weighted by atomic mass is 10.1. The van der Waals surface area contributed by atoms with Crippen molar-refractivity contribution >= 4 is 31.3 Å². The van der Waals surface area contributed by atoms with Crippen LogP contribution in [0.3, 0.4) is 0 Å². The lowest BCUT2D eigenvalue weighted by molar-refractivity contribution is 0.224. The molecule has 88 valence electrons. The van der Waals surface area contributed by atoms with Gasteiger partial charge in [0.2, 0.25) is 0 Å².